The zero-order chi connectivity index (χ0) is 15.2. The van der Waals surface area contributed by atoms with Gasteiger partial charge in [-0.3, -0.25) is 0 Å². The molecule has 4 nitrogen and oxygen atoms in total. The Bertz CT molecular complexity index is 455. The van der Waals surface area contributed by atoms with Crippen LogP contribution < -0.4 is 10.2 Å². The van der Waals surface area contributed by atoms with Gasteiger partial charge < -0.3 is 19.9 Å². The molecule has 1 N–H and O–H groups in total. The van der Waals surface area contributed by atoms with Crippen molar-refractivity contribution in [2.45, 2.75) is 19.5 Å². The highest BCUT2D eigenvalue weighted by Gasteiger charge is 2.22. The quantitative estimate of drug-likeness (QED) is 0.792. The summed E-state index contributed by atoms with van der Waals surface area (Å²) in [6.07, 6.45) is 0. The summed E-state index contributed by atoms with van der Waals surface area (Å²) < 4.78 is 6.22. The van der Waals surface area contributed by atoms with Crippen LogP contribution in [0.5, 0.6) is 0 Å². The zero-order valence-corrected chi connectivity index (χ0v) is 14.8. The van der Waals surface area contributed by atoms with Crippen LogP contribution in [0.4, 0.5) is 5.69 Å². The van der Waals surface area contributed by atoms with Gasteiger partial charge in [0.25, 0.3) is 0 Å². The van der Waals surface area contributed by atoms with Gasteiger partial charge in [0.2, 0.25) is 0 Å². The SMILES string of the molecule is COCCNCc1cc(Br)ccc1N1CCN(C)C(C)C1. The first-order valence-electron chi connectivity index (χ1n) is 7.55. The van der Waals surface area contributed by atoms with Crippen molar-refractivity contribution in [2.24, 2.45) is 0 Å². The number of hydrogen-bond donors (Lipinski definition) is 1. The Labute approximate surface area is 136 Å². The molecule has 1 atom stereocenters. The number of anilines is 1. The van der Waals surface area contributed by atoms with Gasteiger partial charge in [0.15, 0.2) is 0 Å². The predicted octanol–water partition coefficient (Wildman–Crippen LogP) is 2.33. The summed E-state index contributed by atoms with van der Waals surface area (Å²) in [6.45, 7) is 8.08. The van der Waals surface area contributed by atoms with E-state index >= 15 is 0 Å². The Morgan fingerprint density at radius 1 is 1.38 bits per heavy atom. The summed E-state index contributed by atoms with van der Waals surface area (Å²) in [7, 11) is 3.94. The molecule has 0 radical (unpaired) electrons. The second kappa shape index (κ2) is 8.13. The minimum absolute atomic E-state index is 0.594. The van der Waals surface area contributed by atoms with E-state index in [4.69, 9.17) is 4.74 Å². The minimum atomic E-state index is 0.594. The Kier molecular flexibility index (Phi) is 6.48. The molecule has 0 saturated carbocycles. The summed E-state index contributed by atoms with van der Waals surface area (Å²) in [6, 6.07) is 7.18. The number of piperazine rings is 1. The number of nitrogens with one attached hydrogen (secondary N) is 1. The summed E-state index contributed by atoms with van der Waals surface area (Å²) in [4.78, 5) is 4.93. The van der Waals surface area contributed by atoms with Crippen molar-refractivity contribution < 1.29 is 4.74 Å². The van der Waals surface area contributed by atoms with Gasteiger partial charge in [0.1, 0.15) is 0 Å². The van der Waals surface area contributed by atoms with E-state index < -0.39 is 0 Å². The molecule has 0 aliphatic carbocycles. The average Bonchev–Trinajstić information content (AvgIpc) is 2.47. The first-order chi connectivity index (χ1) is 10.1. The van der Waals surface area contributed by atoms with Gasteiger partial charge in [-0.15, -0.1) is 0 Å². The second-order valence-electron chi connectivity index (χ2n) is 5.72. The van der Waals surface area contributed by atoms with Crippen molar-refractivity contribution in [3.05, 3.63) is 28.2 Å². The molecule has 1 aromatic rings. The van der Waals surface area contributed by atoms with Gasteiger partial charge in [0.05, 0.1) is 6.61 Å². The van der Waals surface area contributed by atoms with Crippen LogP contribution in [0, 0.1) is 0 Å². The molecule has 2 rings (SSSR count). The van der Waals surface area contributed by atoms with Crippen LogP contribution in [0.25, 0.3) is 0 Å². The summed E-state index contributed by atoms with van der Waals surface area (Å²) >= 11 is 3.59. The monoisotopic (exact) mass is 355 g/mol. The molecule has 1 saturated heterocycles. The van der Waals surface area contributed by atoms with Crippen LogP contribution in [-0.2, 0) is 11.3 Å². The van der Waals surface area contributed by atoms with E-state index in [2.05, 4.69) is 63.2 Å². The van der Waals surface area contributed by atoms with E-state index in [0.717, 1.165) is 43.8 Å². The highest BCUT2D eigenvalue weighted by atomic mass is 79.9. The Morgan fingerprint density at radius 3 is 2.90 bits per heavy atom. The number of rotatable bonds is 6. The first kappa shape index (κ1) is 16.7. The molecular weight excluding hydrogens is 330 g/mol. The third kappa shape index (κ3) is 4.68. The number of halogens is 1. The maximum absolute atomic E-state index is 5.09. The normalized spacial score (nSPS) is 20.0. The van der Waals surface area contributed by atoms with Gasteiger partial charge in [0, 0.05) is 56.0 Å². The molecule has 1 heterocycles. The number of hydrogen-bond acceptors (Lipinski definition) is 4. The standard InChI is InChI=1S/C16H26BrN3O/c1-13-12-20(8-7-19(13)2)16-5-4-15(17)10-14(16)11-18-6-9-21-3/h4-5,10,13,18H,6-9,11-12H2,1-3H3. The van der Waals surface area contributed by atoms with Gasteiger partial charge in [-0.1, -0.05) is 15.9 Å². The van der Waals surface area contributed by atoms with Crippen molar-refractivity contribution in [1.82, 2.24) is 10.2 Å². The van der Waals surface area contributed by atoms with Crippen molar-refractivity contribution in [3.63, 3.8) is 0 Å². The lowest BCUT2D eigenvalue weighted by molar-refractivity contribution is 0.199. The average molecular weight is 356 g/mol. The van der Waals surface area contributed by atoms with Crippen LogP contribution in [0.3, 0.4) is 0 Å². The number of nitrogens with zero attached hydrogens (tertiary/aromatic N) is 2. The van der Waals surface area contributed by atoms with E-state index in [9.17, 15) is 0 Å². The fourth-order valence-electron chi connectivity index (χ4n) is 2.67. The lowest BCUT2D eigenvalue weighted by Crippen LogP contribution is -2.50. The molecule has 0 amide bonds. The summed E-state index contributed by atoms with van der Waals surface area (Å²) in [5.41, 5.74) is 2.69. The molecule has 21 heavy (non-hydrogen) atoms. The highest BCUT2D eigenvalue weighted by Crippen LogP contribution is 2.26. The fourth-order valence-corrected chi connectivity index (χ4v) is 3.08. The van der Waals surface area contributed by atoms with Gasteiger partial charge in [-0.05, 0) is 37.7 Å². The maximum atomic E-state index is 5.09. The molecule has 1 fully saturated rings. The molecule has 0 spiro atoms. The van der Waals surface area contributed by atoms with Crippen LogP contribution in [0.1, 0.15) is 12.5 Å². The van der Waals surface area contributed by atoms with Crippen LogP contribution in [-0.4, -0.2) is 57.9 Å². The zero-order valence-electron chi connectivity index (χ0n) is 13.2. The third-order valence-electron chi connectivity index (χ3n) is 4.14. The summed E-state index contributed by atoms with van der Waals surface area (Å²) in [5, 5.41) is 3.45. The van der Waals surface area contributed by atoms with Crippen molar-refractivity contribution in [1.29, 1.82) is 0 Å². The van der Waals surface area contributed by atoms with E-state index in [1.54, 1.807) is 7.11 Å². The molecule has 0 bridgehead atoms. The van der Waals surface area contributed by atoms with Crippen LogP contribution in [0.2, 0.25) is 0 Å². The number of benzene rings is 1. The van der Waals surface area contributed by atoms with Crippen molar-refractivity contribution >= 4 is 21.6 Å². The Balaban J connectivity index is 2.07. The van der Waals surface area contributed by atoms with Crippen molar-refractivity contribution in [2.75, 3.05) is 51.8 Å². The first-order valence-corrected chi connectivity index (χ1v) is 8.34. The van der Waals surface area contributed by atoms with Gasteiger partial charge in [-0.25, -0.2) is 0 Å². The lowest BCUT2D eigenvalue weighted by atomic mass is 10.1. The summed E-state index contributed by atoms with van der Waals surface area (Å²) in [5.74, 6) is 0. The number of likely N-dealkylation sites (N-methyl/N-ethyl adjacent to an activating group) is 1. The largest absolute Gasteiger partial charge is 0.383 e. The second-order valence-corrected chi connectivity index (χ2v) is 6.63. The molecule has 5 heteroatoms. The fraction of sp³-hybridized carbons (Fsp3) is 0.625. The van der Waals surface area contributed by atoms with Crippen LogP contribution >= 0.6 is 15.9 Å². The molecule has 0 aromatic heterocycles. The number of ether oxygens (including phenoxy) is 1. The van der Waals surface area contributed by atoms with Crippen LogP contribution in [0.15, 0.2) is 22.7 Å². The topological polar surface area (TPSA) is 27.7 Å². The highest BCUT2D eigenvalue weighted by molar-refractivity contribution is 9.10. The van der Waals surface area contributed by atoms with E-state index in [0.29, 0.717) is 6.04 Å². The van der Waals surface area contributed by atoms with E-state index in [1.807, 2.05) is 0 Å². The molecular formula is C16H26BrN3O. The number of methoxy groups -OCH3 is 1. The Morgan fingerprint density at radius 2 is 2.19 bits per heavy atom. The van der Waals surface area contributed by atoms with Crippen molar-refractivity contribution in [3.8, 4) is 0 Å². The van der Waals surface area contributed by atoms with E-state index in [-0.39, 0.29) is 0 Å². The van der Waals surface area contributed by atoms with E-state index in [1.165, 1.54) is 11.3 Å². The molecule has 1 aromatic carbocycles. The molecule has 1 unspecified atom stereocenters. The lowest BCUT2D eigenvalue weighted by Gasteiger charge is -2.39. The maximum Gasteiger partial charge on any atom is 0.0587 e. The minimum Gasteiger partial charge on any atom is -0.383 e. The molecule has 118 valence electrons. The predicted molar refractivity (Wildman–Crippen MR) is 92.0 cm³/mol. The third-order valence-corrected chi connectivity index (χ3v) is 4.63. The smallest absolute Gasteiger partial charge is 0.0587 e. The molecule has 1 aliphatic rings. The molecule has 1 aliphatic heterocycles. The van der Waals surface area contributed by atoms with Gasteiger partial charge >= 0.3 is 0 Å². The Hall–Kier alpha value is -0.620. The van der Waals surface area contributed by atoms with Gasteiger partial charge in [-0.2, -0.15) is 0 Å².